The molecule has 19 heavy (non-hydrogen) atoms. The van der Waals surface area contributed by atoms with E-state index < -0.39 is 16.0 Å². The van der Waals surface area contributed by atoms with Gasteiger partial charge in [-0.1, -0.05) is 19.1 Å². The van der Waals surface area contributed by atoms with E-state index in [1.165, 1.54) is 13.1 Å². The number of nitrogens with one attached hydrogen (secondary N) is 1. The first-order valence-electron chi connectivity index (χ1n) is 5.91. The van der Waals surface area contributed by atoms with Crippen LogP contribution in [0.2, 0.25) is 0 Å². The normalized spacial score (nSPS) is 11.3. The van der Waals surface area contributed by atoms with Gasteiger partial charge >= 0.3 is 5.97 Å². The molecule has 0 amide bonds. The van der Waals surface area contributed by atoms with E-state index in [2.05, 4.69) is 4.72 Å². The number of carboxylic acids is 1. The lowest BCUT2D eigenvalue weighted by atomic mass is 10.2. The van der Waals surface area contributed by atoms with Crippen LogP contribution in [0.5, 0.6) is 0 Å². The molecule has 106 valence electrons. The van der Waals surface area contributed by atoms with Crippen molar-refractivity contribution in [2.45, 2.75) is 18.2 Å². The van der Waals surface area contributed by atoms with E-state index in [4.69, 9.17) is 5.11 Å². The van der Waals surface area contributed by atoms with Gasteiger partial charge in [-0.05, 0) is 25.6 Å². The summed E-state index contributed by atoms with van der Waals surface area (Å²) in [6.45, 7) is 2.15. The SMILES string of the molecule is CCCN(CC(=O)O)c1ccccc1S(=O)(=O)NC. The Morgan fingerprint density at radius 3 is 2.53 bits per heavy atom. The number of hydrogen-bond acceptors (Lipinski definition) is 4. The number of carboxylic acid groups (broad SMARTS) is 1. The lowest BCUT2D eigenvalue weighted by Gasteiger charge is -2.24. The number of para-hydroxylation sites is 1. The second kappa shape index (κ2) is 6.53. The van der Waals surface area contributed by atoms with Crippen LogP contribution in [-0.2, 0) is 14.8 Å². The molecule has 0 atom stereocenters. The van der Waals surface area contributed by atoms with Gasteiger partial charge in [-0.2, -0.15) is 0 Å². The van der Waals surface area contributed by atoms with Crippen LogP contribution in [-0.4, -0.2) is 39.6 Å². The van der Waals surface area contributed by atoms with E-state index >= 15 is 0 Å². The molecule has 0 aliphatic carbocycles. The number of sulfonamides is 1. The van der Waals surface area contributed by atoms with Crippen molar-refractivity contribution >= 4 is 21.7 Å². The molecule has 1 aromatic carbocycles. The van der Waals surface area contributed by atoms with Crippen LogP contribution in [0.15, 0.2) is 29.2 Å². The van der Waals surface area contributed by atoms with E-state index in [0.29, 0.717) is 12.2 Å². The maximum absolute atomic E-state index is 11.9. The smallest absolute Gasteiger partial charge is 0.323 e. The molecule has 0 bridgehead atoms. The lowest BCUT2D eigenvalue weighted by molar-refractivity contribution is -0.135. The fourth-order valence-corrected chi connectivity index (χ4v) is 2.72. The highest BCUT2D eigenvalue weighted by molar-refractivity contribution is 7.89. The summed E-state index contributed by atoms with van der Waals surface area (Å²) < 4.78 is 26.1. The minimum Gasteiger partial charge on any atom is -0.480 e. The van der Waals surface area contributed by atoms with Gasteiger partial charge in [0.25, 0.3) is 0 Å². The molecule has 1 rings (SSSR count). The molecule has 6 nitrogen and oxygen atoms in total. The Bertz CT molecular complexity index is 542. The van der Waals surface area contributed by atoms with E-state index in [1.54, 1.807) is 23.1 Å². The number of hydrogen-bond donors (Lipinski definition) is 2. The molecule has 7 heteroatoms. The summed E-state index contributed by atoms with van der Waals surface area (Å²) in [5, 5.41) is 8.92. The third-order valence-corrected chi connectivity index (χ3v) is 4.05. The van der Waals surface area contributed by atoms with Crippen molar-refractivity contribution in [2.75, 3.05) is 25.0 Å². The Morgan fingerprint density at radius 1 is 1.37 bits per heavy atom. The minimum absolute atomic E-state index is 0.0900. The predicted molar refractivity (Wildman–Crippen MR) is 72.8 cm³/mol. The molecular weight excluding hydrogens is 268 g/mol. The Balaban J connectivity index is 3.27. The third-order valence-electron chi connectivity index (χ3n) is 2.58. The summed E-state index contributed by atoms with van der Waals surface area (Å²) in [5.41, 5.74) is 0.404. The first-order chi connectivity index (χ1) is 8.92. The second-order valence-electron chi connectivity index (χ2n) is 3.99. The van der Waals surface area contributed by atoms with Gasteiger partial charge in [-0.3, -0.25) is 4.79 Å². The van der Waals surface area contributed by atoms with Crippen LogP contribution < -0.4 is 9.62 Å². The fourth-order valence-electron chi connectivity index (χ4n) is 1.77. The molecular formula is C12H18N2O4S. The number of anilines is 1. The van der Waals surface area contributed by atoms with Crippen LogP contribution in [0.25, 0.3) is 0 Å². The summed E-state index contributed by atoms with van der Waals surface area (Å²) >= 11 is 0. The second-order valence-corrected chi connectivity index (χ2v) is 5.85. The summed E-state index contributed by atoms with van der Waals surface area (Å²) in [7, 11) is -2.29. The number of benzene rings is 1. The molecule has 1 aromatic rings. The molecule has 0 aliphatic heterocycles. The first-order valence-corrected chi connectivity index (χ1v) is 7.40. The zero-order valence-electron chi connectivity index (χ0n) is 11.0. The molecule has 0 fully saturated rings. The topological polar surface area (TPSA) is 86.7 Å². The minimum atomic E-state index is -3.61. The summed E-state index contributed by atoms with van der Waals surface area (Å²) in [4.78, 5) is 12.5. The lowest BCUT2D eigenvalue weighted by Crippen LogP contribution is -2.32. The molecule has 0 saturated heterocycles. The molecule has 0 aliphatic rings. The summed E-state index contributed by atoms with van der Waals surface area (Å²) in [5.74, 6) is -0.995. The van der Waals surface area contributed by atoms with Crippen molar-refractivity contribution in [1.82, 2.24) is 4.72 Å². The Hall–Kier alpha value is -1.60. The van der Waals surface area contributed by atoms with Gasteiger partial charge in [-0.25, -0.2) is 13.1 Å². The molecule has 0 aromatic heterocycles. The predicted octanol–water partition coefficient (Wildman–Crippen LogP) is 0.896. The third kappa shape index (κ3) is 3.93. The quantitative estimate of drug-likeness (QED) is 0.777. The highest BCUT2D eigenvalue weighted by Crippen LogP contribution is 2.24. The van der Waals surface area contributed by atoms with Crippen molar-refractivity contribution in [3.05, 3.63) is 24.3 Å². The van der Waals surface area contributed by atoms with Crippen LogP contribution in [0, 0.1) is 0 Å². The first kappa shape index (κ1) is 15.5. The Labute approximate surface area is 113 Å². The van der Waals surface area contributed by atoms with Crippen LogP contribution >= 0.6 is 0 Å². The van der Waals surface area contributed by atoms with Gasteiger partial charge in [0, 0.05) is 6.54 Å². The van der Waals surface area contributed by atoms with Crippen molar-refractivity contribution < 1.29 is 18.3 Å². The van der Waals surface area contributed by atoms with Crippen molar-refractivity contribution in [1.29, 1.82) is 0 Å². The molecule has 0 radical (unpaired) electrons. The van der Waals surface area contributed by atoms with Crippen LogP contribution in [0.4, 0.5) is 5.69 Å². The summed E-state index contributed by atoms with van der Waals surface area (Å²) in [6, 6.07) is 6.38. The monoisotopic (exact) mass is 286 g/mol. The molecule has 2 N–H and O–H groups in total. The maximum atomic E-state index is 11.9. The van der Waals surface area contributed by atoms with Gasteiger partial charge in [0.2, 0.25) is 10.0 Å². The van der Waals surface area contributed by atoms with Crippen LogP contribution in [0.1, 0.15) is 13.3 Å². The van der Waals surface area contributed by atoms with Crippen molar-refractivity contribution in [3.8, 4) is 0 Å². The van der Waals surface area contributed by atoms with E-state index in [-0.39, 0.29) is 11.4 Å². The summed E-state index contributed by atoms with van der Waals surface area (Å²) in [6.07, 6.45) is 0.723. The van der Waals surface area contributed by atoms with E-state index in [9.17, 15) is 13.2 Å². The van der Waals surface area contributed by atoms with Gasteiger partial charge in [0.05, 0.1) is 5.69 Å². The number of nitrogens with zero attached hydrogens (tertiary/aromatic N) is 1. The zero-order valence-corrected chi connectivity index (χ0v) is 11.8. The standard InChI is InChI=1S/C12H18N2O4S/c1-3-8-14(9-12(15)16)10-6-4-5-7-11(10)19(17,18)13-2/h4-7,13H,3,8-9H2,1-2H3,(H,15,16). The Morgan fingerprint density at radius 2 is 2.00 bits per heavy atom. The molecule has 0 spiro atoms. The molecule has 0 saturated carbocycles. The molecule has 0 unspecified atom stereocenters. The average Bonchev–Trinajstić information content (AvgIpc) is 2.38. The fraction of sp³-hybridized carbons (Fsp3) is 0.417. The van der Waals surface area contributed by atoms with Crippen molar-refractivity contribution in [3.63, 3.8) is 0 Å². The highest BCUT2D eigenvalue weighted by Gasteiger charge is 2.21. The number of carbonyl (C=O) groups is 1. The Kier molecular flexibility index (Phi) is 5.31. The van der Waals surface area contributed by atoms with E-state index in [0.717, 1.165) is 6.42 Å². The molecule has 0 heterocycles. The van der Waals surface area contributed by atoms with Gasteiger partial charge < -0.3 is 10.0 Å². The number of aliphatic carboxylic acids is 1. The highest BCUT2D eigenvalue weighted by atomic mass is 32.2. The van der Waals surface area contributed by atoms with E-state index in [1.807, 2.05) is 6.92 Å². The maximum Gasteiger partial charge on any atom is 0.323 e. The van der Waals surface area contributed by atoms with Gasteiger partial charge in [-0.15, -0.1) is 0 Å². The van der Waals surface area contributed by atoms with Gasteiger partial charge in [0.1, 0.15) is 11.4 Å². The average molecular weight is 286 g/mol. The zero-order chi connectivity index (χ0) is 14.5. The van der Waals surface area contributed by atoms with Crippen LogP contribution in [0.3, 0.4) is 0 Å². The largest absolute Gasteiger partial charge is 0.480 e. The number of rotatable bonds is 7. The van der Waals surface area contributed by atoms with Crippen molar-refractivity contribution in [2.24, 2.45) is 0 Å². The van der Waals surface area contributed by atoms with Gasteiger partial charge in [0.15, 0.2) is 0 Å².